The van der Waals surface area contributed by atoms with Crippen LogP contribution in [0.1, 0.15) is 37.7 Å². The zero-order valence-electron chi connectivity index (χ0n) is 15.6. The van der Waals surface area contributed by atoms with Gasteiger partial charge in [-0.25, -0.2) is 0 Å². The van der Waals surface area contributed by atoms with Crippen LogP contribution in [0.4, 0.5) is 0 Å². The highest BCUT2D eigenvalue weighted by atomic mass is 16.5. The van der Waals surface area contributed by atoms with Gasteiger partial charge in [0.15, 0.2) is 0 Å². The first kappa shape index (κ1) is 19.2. The summed E-state index contributed by atoms with van der Waals surface area (Å²) in [6.45, 7) is 5.98. The second kappa shape index (κ2) is 9.91. The van der Waals surface area contributed by atoms with Crippen molar-refractivity contribution in [3.8, 4) is 11.8 Å². The van der Waals surface area contributed by atoms with E-state index < -0.39 is 6.10 Å². The third kappa shape index (κ3) is 5.70. The third-order valence-corrected chi connectivity index (χ3v) is 5.49. The number of rotatable bonds is 7. The van der Waals surface area contributed by atoms with E-state index >= 15 is 0 Å². The van der Waals surface area contributed by atoms with Gasteiger partial charge in [-0.3, -0.25) is 4.90 Å². The molecule has 3 rings (SSSR count). The lowest BCUT2D eigenvalue weighted by Gasteiger charge is -2.30. The first-order valence-electron chi connectivity index (χ1n) is 9.97. The quantitative estimate of drug-likeness (QED) is 0.813. The smallest absolute Gasteiger partial charge is 0.123 e. The topological polar surface area (TPSA) is 59.7 Å². The van der Waals surface area contributed by atoms with Crippen LogP contribution >= 0.6 is 0 Å². The molecule has 1 aromatic carbocycles. The number of aliphatic hydroxyl groups excluding tert-OH is 1. The van der Waals surface area contributed by atoms with Gasteiger partial charge in [0.1, 0.15) is 18.5 Å². The number of aliphatic hydroxyl groups is 1. The maximum absolute atomic E-state index is 10.3. The first-order valence-corrected chi connectivity index (χ1v) is 9.97. The van der Waals surface area contributed by atoms with Gasteiger partial charge in [-0.05, 0) is 57.9 Å². The summed E-state index contributed by atoms with van der Waals surface area (Å²) >= 11 is 0. The van der Waals surface area contributed by atoms with Crippen LogP contribution in [0.3, 0.4) is 0 Å². The van der Waals surface area contributed by atoms with Crippen molar-refractivity contribution >= 4 is 0 Å². The van der Waals surface area contributed by atoms with E-state index in [-0.39, 0.29) is 5.92 Å². The fourth-order valence-electron chi connectivity index (χ4n) is 3.92. The van der Waals surface area contributed by atoms with Gasteiger partial charge in [0.25, 0.3) is 0 Å². The van der Waals surface area contributed by atoms with Gasteiger partial charge in [0, 0.05) is 24.6 Å². The largest absolute Gasteiger partial charge is 0.491 e. The van der Waals surface area contributed by atoms with Crippen LogP contribution in [0.15, 0.2) is 24.3 Å². The van der Waals surface area contributed by atoms with Crippen molar-refractivity contribution in [2.75, 3.05) is 39.3 Å². The summed E-state index contributed by atoms with van der Waals surface area (Å²) in [5, 5.41) is 19.4. The second-order valence-corrected chi connectivity index (χ2v) is 7.61. The van der Waals surface area contributed by atoms with Crippen molar-refractivity contribution < 1.29 is 9.84 Å². The van der Waals surface area contributed by atoms with Crippen molar-refractivity contribution in [2.45, 2.75) is 44.8 Å². The molecule has 1 N–H and O–H groups in total. The number of hydrogen-bond donors (Lipinski definition) is 1. The predicted molar refractivity (Wildman–Crippen MR) is 102 cm³/mol. The normalized spacial score (nSPS) is 21.2. The molecule has 0 aliphatic carbocycles. The number of β-amino-alcohol motifs (C(OH)–C–C–N with tert-alkyl or cyclic N) is 1. The molecule has 0 spiro atoms. The molecule has 0 saturated carbocycles. The highest BCUT2D eigenvalue weighted by molar-refractivity contribution is 5.33. The summed E-state index contributed by atoms with van der Waals surface area (Å²) in [6, 6.07) is 10.5. The molecule has 5 nitrogen and oxygen atoms in total. The summed E-state index contributed by atoms with van der Waals surface area (Å²) in [5.41, 5.74) is 1.16. The van der Waals surface area contributed by atoms with Crippen molar-refractivity contribution in [1.82, 2.24) is 9.80 Å². The van der Waals surface area contributed by atoms with Gasteiger partial charge < -0.3 is 14.7 Å². The number of benzene rings is 1. The molecule has 2 fully saturated rings. The highest BCUT2D eigenvalue weighted by Crippen LogP contribution is 2.23. The molecule has 2 aliphatic rings. The van der Waals surface area contributed by atoms with Gasteiger partial charge in [-0.15, -0.1) is 0 Å². The Morgan fingerprint density at radius 3 is 2.54 bits per heavy atom. The van der Waals surface area contributed by atoms with Gasteiger partial charge in [0.05, 0.1) is 6.07 Å². The van der Waals surface area contributed by atoms with Crippen LogP contribution in [-0.4, -0.2) is 60.3 Å². The van der Waals surface area contributed by atoms with E-state index in [1.54, 1.807) is 0 Å². The van der Waals surface area contributed by atoms with E-state index in [9.17, 15) is 5.11 Å². The molecule has 1 unspecified atom stereocenters. The van der Waals surface area contributed by atoms with E-state index in [0.717, 1.165) is 56.9 Å². The summed E-state index contributed by atoms with van der Waals surface area (Å²) in [5.74, 6) is 1.08. The van der Waals surface area contributed by atoms with Gasteiger partial charge in [-0.1, -0.05) is 24.6 Å². The summed E-state index contributed by atoms with van der Waals surface area (Å²) in [4.78, 5) is 4.73. The molecular formula is C21H31N3O2. The zero-order chi connectivity index (χ0) is 18.2. The molecule has 1 atom stereocenters. The van der Waals surface area contributed by atoms with E-state index in [0.29, 0.717) is 13.2 Å². The maximum atomic E-state index is 10.3. The minimum atomic E-state index is -0.451. The first-order chi connectivity index (χ1) is 12.7. The van der Waals surface area contributed by atoms with Crippen molar-refractivity contribution in [1.29, 1.82) is 5.26 Å². The maximum Gasteiger partial charge on any atom is 0.123 e. The van der Waals surface area contributed by atoms with Crippen LogP contribution in [0, 0.1) is 17.2 Å². The molecule has 0 amide bonds. The molecule has 0 radical (unpaired) electrons. The van der Waals surface area contributed by atoms with Gasteiger partial charge in [0.2, 0.25) is 0 Å². The zero-order valence-corrected chi connectivity index (χ0v) is 15.6. The predicted octanol–water partition coefficient (Wildman–Crippen LogP) is 2.65. The van der Waals surface area contributed by atoms with Gasteiger partial charge >= 0.3 is 0 Å². The molecule has 26 heavy (non-hydrogen) atoms. The Labute approximate surface area is 157 Å². The molecule has 2 saturated heterocycles. The Morgan fingerprint density at radius 1 is 1.08 bits per heavy atom. The molecular weight excluding hydrogens is 326 g/mol. The number of ether oxygens (including phenoxy) is 1. The van der Waals surface area contributed by atoms with E-state index in [4.69, 9.17) is 10.00 Å². The second-order valence-electron chi connectivity index (χ2n) is 7.61. The standard InChI is InChI=1S/C21H31N3O2/c22-14-18-8-12-24(13-9-18)15-19-6-2-3-7-21(19)26-17-20(25)16-23-10-4-1-5-11-23/h2-3,6-7,18,20,25H,1,4-5,8-13,15-17H2. The SMILES string of the molecule is N#CC1CCN(Cc2ccccc2OCC(O)CN2CCCCC2)CC1. The highest BCUT2D eigenvalue weighted by Gasteiger charge is 2.20. The monoisotopic (exact) mass is 357 g/mol. The summed E-state index contributed by atoms with van der Waals surface area (Å²) in [7, 11) is 0. The number of para-hydroxylation sites is 1. The minimum Gasteiger partial charge on any atom is -0.491 e. The average Bonchev–Trinajstić information content (AvgIpc) is 2.69. The van der Waals surface area contributed by atoms with Crippen molar-refractivity contribution in [2.24, 2.45) is 5.92 Å². The number of likely N-dealkylation sites (tertiary alicyclic amines) is 2. The minimum absolute atomic E-state index is 0.211. The Morgan fingerprint density at radius 2 is 1.81 bits per heavy atom. The van der Waals surface area contributed by atoms with Crippen LogP contribution < -0.4 is 4.74 Å². The summed E-state index contributed by atoms with van der Waals surface area (Å²) < 4.78 is 5.97. The lowest BCUT2D eigenvalue weighted by Crippen LogP contribution is -2.38. The molecule has 5 heteroatoms. The molecule has 2 aliphatic heterocycles. The number of piperidine rings is 2. The van der Waals surface area contributed by atoms with E-state index in [1.807, 2.05) is 18.2 Å². The van der Waals surface area contributed by atoms with Gasteiger partial charge in [-0.2, -0.15) is 5.26 Å². The van der Waals surface area contributed by atoms with Crippen molar-refractivity contribution in [3.05, 3.63) is 29.8 Å². The Bertz CT molecular complexity index is 587. The molecule has 0 bridgehead atoms. The number of hydrogen-bond acceptors (Lipinski definition) is 5. The molecule has 1 aromatic rings. The lowest BCUT2D eigenvalue weighted by molar-refractivity contribution is 0.0610. The van der Waals surface area contributed by atoms with E-state index in [2.05, 4.69) is 21.9 Å². The third-order valence-electron chi connectivity index (χ3n) is 5.49. The fourth-order valence-corrected chi connectivity index (χ4v) is 3.92. The summed E-state index contributed by atoms with van der Waals surface area (Å²) in [6.07, 6.45) is 5.23. The Balaban J connectivity index is 1.48. The van der Waals surface area contributed by atoms with Crippen LogP contribution in [0.2, 0.25) is 0 Å². The molecule has 0 aromatic heterocycles. The van der Waals surface area contributed by atoms with Crippen LogP contribution in [-0.2, 0) is 6.54 Å². The average molecular weight is 357 g/mol. The lowest BCUT2D eigenvalue weighted by atomic mass is 9.98. The molecule has 142 valence electrons. The molecule has 2 heterocycles. The number of nitriles is 1. The Kier molecular flexibility index (Phi) is 7.31. The Hall–Kier alpha value is -1.61. The van der Waals surface area contributed by atoms with Crippen molar-refractivity contribution in [3.63, 3.8) is 0 Å². The van der Waals surface area contributed by atoms with E-state index in [1.165, 1.54) is 19.3 Å². The van der Waals surface area contributed by atoms with Crippen LogP contribution in [0.25, 0.3) is 0 Å². The number of nitrogens with zero attached hydrogens (tertiary/aromatic N) is 3. The van der Waals surface area contributed by atoms with Crippen LogP contribution in [0.5, 0.6) is 5.75 Å². The fraction of sp³-hybridized carbons (Fsp3) is 0.667.